The lowest BCUT2D eigenvalue weighted by Crippen LogP contribution is -2.54. The number of amides is 1. The van der Waals surface area contributed by atoms with Crippen LogP contribution in [0.15, 0.2) is 4.99 Å². The zero-order chi connectivity index (χ0) is 16.2. The second-order valence-electron chi connectivity index (χ2n) is 5.05. The van der Waals surface area contributed by atoms with Gasteiger partial charge < -0.3 is 24.6 Å². The predicted molar refractivity (Wildman–Crippen MR) is 87.3 cm³/mol. The number of unbranched alkanes of at least 4 members (excludes halogenated alkanes) is 1. The quantitative estimate of drug-likeness (QED) is 0.434. The molecule has 0 radical (unpaired) electrons. The molecule has 1 N–H and O–H groups in total. The zero-order valence-electron chi connectivity index (χ0n) is 14.1. The van der Waals surface area contributed by atoms with Gasteiger partial charge in [0.05, 0.1) is 6.61 Å². The average molecular weight is 314 g/mol. The number of rotatable bonds is 7. The molecule has 0 aromatic rings. The predicted octanol–water partition coefficient (Wildman–Crippen LogP) is 1.15. The monoisotopic (exact) mass is 314 g/mol. The number of carbonyl (C=O) groups excluding carboxylic acids is 1. The third-order valence-electron chi connectivity index (χ3n) is 3.52. The van der Waals surface area contributed by atoms with Crippen molar-refractivity contribution in [3.05, 3.63) is 0 Å². The number of guanidine groups is 1. The van der Waals surface area contributed by atoms with Crippen molar-refractivity contribution >= 4 is 12.1 Å². The molecule has 0 bridgehead atoms. The summed E-state index contributed by atoms with van der Waals surface area (Å²) in [6.07, 6.45) is 1.89. The van der Waals surface area contributed by atoms with Gasteiger partial charge in [0, 0.05) is 53.0 Å². The first kappa shape index (κ1) is 18.5. The topological polar surface area (TPSA) is 66.4 Å². The second-order valence-corrected chi connectivity index (χ2v) is 5.05. The number of aliphatic imine (C=N–C) groups is 1. The molecule has 0 atom stereocenters. The summed E-state index contributed by atoms with van der Waals surface area (Å²) >= 11 is 0. The highest BCUT2D eigenvalue weighted by Gasteiger charge is 2.23. The van der Waals surface area contributed by atoms with Gasteiger partial charge in [-0.15, -0.1) is 0 Å². The highest BCUT2D eigenvalue weighted by molar-refractivity contribution is 5.80. The molecular formula is C15H30N4O3. The molecule has 128 valence electrons. The lowest BCUT2D eigenvalue weighted by Gasteiger charge is -2.35. The first-order chi connectivity index (χ1) is 10.7. The molecule has 1 heterocycles. The van der Waals surface area contributed by atoms with Gasteiger partial charge in [0.1, 0.15) is 0 Å². The molecule has 0 spiro atoms. The van der Waals surface area contributed by atoms with Crippen LogP contribution in [0.5, 0.6) is 0 Å². The zero-order valence-corrected chi connectivity index (χ0v) is 14.1. The number of nitrogens with one attached hydrogen (secondary N) is 1. The molecule has 1 fully saturated rings. The van der Waals surface area contributed by atoms with Crippen molar-refractivity contribution in [1.29, 1.82) is 0 Å². The van der Waals surface area contributed by atoms with Crippen molar-refractivity contribution in [3.63, 3.8) is 0 Å². The second kappa shape index (κ2) is 11.1. The molecule has 1 rings (SSSR count). The van der Waals surface area contributed by atoms with Crippen LogP contribution in [0.25, 0.3) is 0 Å². The van der Waals surface area contributed by atoms with Crippen molar-refractivity contribution in [2.24, 2.45) is 4.99 Å². The minimum Gasteiger partial charge on any atom is -0.450 e. The van der Waals surface area contributed by atoms with Crippen LogP contribution < -0.4 is 5.32 Å². The highest BCUT2D eigenvalue weighted by atomic mass is 16.6. The van der Waals surface area contributed by atoms with E-state index >= 15 is 0 Å². The normalized spacial score (nSPS) is 15.9. The van der Waals surface area contributed by atoms with Crippen LogP contribution in [0.1, 0.15) is 26.7 Å². The van der Waals surface area contributed by atoms with Gasteiger partial charge in [-0.25, -0.2) is 4.79 Å². The standard InChI is InChI=1S/C15H30N4O3/c1-4-21-13-7-6-8-17-14(16-3)18-9-11-19(12-10-18)15(20)22-5-2/h4-13H2,1-3H3,(H,16,17). The third kappa shape index (κ3) is 6.51. The maximum absolute atomic E-state index is 11.7. The van der Waals surface area contributed by atoms with E-state index < -0.39 is 0 Å². The summed E-state index contributed by atoms with van der Waals surface area (Å²) in [5.41, 5.74) is 0. The van der Waals surface area contributed by atoms with Crippen LogP contribution in [-0.4, -0.2) is 81.4 Å². The summed E-state index contributed by atoms with van der Waals surface area (Å²) in [5.74, 6) is 0.903. The first-order valence-electron chi connectivity index (χ1n) is 8.17. The molecule has 0 unspecified atom stereocenters. The van der Waals surface area contributed by atoms with E-state index in [1.807, 2.05) is 13.8 Å². The summed E-state index contributed by atoms with van der Waals surface area (Å²) < 4.78 is 10.3. The molecule has 1 saturated heterocycles. The highest BCUT2D eigenvalue weighted by Crippen LogP contribution is 2.04. The molecule has 22 heavy (non-hydrogen) atoms. The summed E-state index contributed by atoms with van der Waals surface area (Å²) in [6, 6.07) is 0. The van der Waals surface area contributed by atoms with Gasteiger partial charge in [0.2, 0.25) is 0 Å². The maximum atomic E-state index is 11.7. The van der Waals surface area contributed by atoms with E-state index in [1.54, 1.807) is 11.9 Å². The Morgan fingerprint density at radius 3 is 2.36 bits per heavy atom. The van der Waals surface area contributed by atoms with Crippen LogP contribution in [0.3, 0.4) is 0 Å². The van der Waals surface area contributed by atoms with Gasteiger partial charge in [0.25, 0.3) is 0 Å². The SMILES string of the molecule is CCOCCCCNC(=NC)N1CCN(C(=O)OCC)CC1. The number of ether oxygens (including phenoxy) is 2. The maximum Gasteiger partial charge on any atom is 0.409 e. The van der Waals surface area contributed by atoms with E-state index in [0.29, 0.717) is 19.7 Å². The molecule has 1 aliphatic rings. The minimum absolute atomic E-state index is 0.221. The fourth-order valence-corrected chi connectivity index (χ4v) is 2.32. The van der Waals surface area contributed by atoms with Crippen molar-refractivity contribution in [3.8, 4) is 0 Å². The summed E-state index contributed by atoms with van der Waals surface area (Å²) in [4.78, 5) is 19.9. The van der Waals surface area contributed by atoms with Crippen LogP contribution >= 0.6 is 0 Å². The number of hydrogen-bond donors (Lipinski definition) is 1. The summed E-state index contributed by atoms with van der Waals surface area (Å²) in [5, 5.41) is 3.37. The smallest absolute Gasteiger partial charge is 0.409 e. The molecule has 0 aliphatic carbocycles. The lowest BCUT2D eigenvalue weighted by atomic mass is 10.3. The summed E-state index contributed by atoms with van der Waals surface area (Å²) in [6.45, 7) is 9.63. The van der Waals surface area contributed by atoms with Crippen LogP contribution in [0, 0.1) is 0 Å². The Morgan fingerprint density at radius 2 is 1.77 bits per heavy atom. The Balaban J connectivity index is 2.24. The van der Waals surface area contributed by atoms with Crippen molar-refractivity contribution in [2.75, 3.05) is 59.6 Å². The van der Waals surface area contributed by atoms with E-state index in [1.165, 1.54) is 0 Å². The fraction of sp³-hybridized carbons (Fsp3) is 0.867. The van der Waals surface area contributed by atoms with Crippen molar-refractivity contribution < 1.29 is 14.3 Å². The van der Waals surface area contributed by atoms with Crippen LogP contribution in [0.2, 0.25) is 0 Å². The van der Waals surface area contributed by atoms with Gasteiger partial charge in [-0.05, 0) is 26.7 Å². The molecule has 7 nitrogen and oxygen atoms in total. The van der Waals surface area contributed by atoms with E-state index in [9.17, 15) is 4.79 Å². The molecule has 1 aliphatic heterocycles. The molecule has 1 amide bonds. The van der Waals surface area contributed by atoms with Crippen molar-refractivity contribution in [2.45, 2.75) is 26.7 Å². The molecule has 7 heteroatoms. The average Bonchev–Trinajstić information content (AvgIpc) is 2.55. The number of nitrogens with zero attached hydrogens (tertiary/aromatic N) is 3. The number of hydrogen-bond acceptors (Lipinski definition) is 4. The largest absolute Gasteiger partial charge is 0.450 e. The summed E-state index contributed by atoms with van der Waals surface area (Å²) in [7, 11) is 1.79. The fourth-order valence-electron chi connectivity index (χ4n) is 2.32. The lowest BCUT2D eigenvalue weighted by molar-refractivity contribution is 0.0914. The Morgan fingerprint density at radius 1 is 1.09 bits per heavy atom. The van der Waals surface area contributed by atoms with Crippen molar-refractivity contribution in [1.82, 2.24) is 15.1 Å². The Labute approximate surface area is 133 Å². The molecule has 0 aromatic carbocycles. The minimum atomic E-state index is -0.221. The Kier molecular flexibility index (Phi) is 9.37. The first-order valence-corrected chi connectivity index (χ1v) is 8.17. The van der Waals surface area contributed by atoms with Gasteiger partial charge in [-0.1, -0.05) is 0 Å². The van der Waals surface area contributed by atoms with Gasteiger partial charge in [-0.3, -0.25) is 4.99 Å². The van der Waals surface area contributed by atoms with Gasteiger partial charge in [-0.2, -0.15) is 0 Å². The molecule has 0 saturated carbocycles. The van der Waals surface area contributed by atoms with Gasteiger partial charge >= 0.3 is 6.09 Å². The van der Waals surface area contributed by atoms with E-state index in [0.717, 1.165) is 51.6 Å². The third-order valence-corrected chi connectivity index (χ3v) is 3.52. The van der Waals surface area contributed by atoms with E-state index in [4.69, 9.17) is 9.47 Å². The Hall–Kier alpha value is -1.50. The Bertz CT molecular complexity index is 342. The molecular weight excluding hydrogens is 284 g/mol. The van der Waals surface area contributed by atoms with E-state index in [2.05, 4.69) is 15.2 Å². The van der Waals surface area contributed by atoms with Gasteiger partial charge in [0.15, 0.2) is 5.96 Å². The van der Waals surface area contributed by atoms with Crippen LogP contribution in [-0.2, 0) is 9.47 Å². The number of carbonyl (C=O) groups is 1. The molecule has 0 aromatic heterocycles. The van der Waals surface area contributed by atoms with Crippen LogP contribution in [0.4, 0.5) is 4.79 Å². The number of piperazine rings is 1. The van der Waals surface area contributed by atoms with E-state index in [-0.39, 0.29) is 6.09 Å².